The van der Waals surface area contributed by atoms with E-state index in [0.29, 0.717) is 6.10 Å². The highest BCUT2D eigenvalue weighted by atomic mass is 16.5. The Balaban J connectivity index is 1.84. The number of hydrogen-bond donors (Lipinski definition) is 0. The lowest BCUT2D eigenvalue weighted by Crippen LogP contribution is -2.22. The molecule has 0 saturated carbocycles. The highest BCUT2D eigenvalue weighted by Gasteiger charge is 2.22. The van der Waals surface area contributed by atoms with Crippen LogP contribution in [0.1, 0.15) is 12.2 Å². The first kappa shape index (κ1) is 8.78. The van der Waals surface area contributed by atoms with Crippen molar-refractivity contribution in [2.24, 2.45) is 0 Å². The average Bonchev–Trinajstić information content (AvgIpc) is 2.76. The molecule has 1 aliphatic heterocycles. The van der Waals surface area contributed by atoms with Crippen molar-refractivity contribution in [3.8, 4) is 0 Å². The van der Waals surface area contributed by atoms with Crippen LogP contribution in [0.25, 0.3) is 0 Å². The minimum Gasteiger partial charge on any atom is -0.468 e. The van der Waals surface area contributed by atoms with Gasteiger partial charge in [-0.15, -0.1) is 0 Å². The minimum atomic E-state index is 0.412. The molecule has 1 aromatic heterocycles. The van der Waals surface area contributed by atoms with E-state index in [9.17, 15) is 0 Å². The third-order valence-corrected chi connectivity index (χ3v) is 2.52. The van der Waals surface area contributed by atoms with Crippen molar-refractivity contribution in [1.29, 1.82) is 0 Å². The predicted octanol–water partition coefficient (Wildman–Crippen LogP) is 1.50. The van der Waals surface area contributed by atoms with Crippen LogP contribution in [0, 0.1) is 0 Å². The van der Waals surface area contributed by atoms with Crippen LogP contribution in [0.2, 0.25) is 0 Å². The molecule has 0 bridgehead atoms. The van der Waals surface area contributed by atoms with E-state index in [1.165, 1.54) is 0 Å². The lowest BCUT2D eigenvalue weighted by molar-refractivity contribution is 0.106. The Bertz CT molecular complexity index is 245. The third-order valence-electron chi connectivity index (χ3n) is 2.52. The summed E-state index contributed by atoms with van der Waals surface area (Å²) < 4.78 is 10.6. The molecule has 2 heterocycles. The number of rotatable bonds is 3. The van der Waals surface area contributed by atoms with E-state index in [-0.39, 0.29) is 0 Å². The van der Waals surface area contributed by atoms with Gasteiger partial charge in [0.15, 0.2) is 0 Å². The molecule has 0 aliphatic carbocycles. The molecule has 1 fully saturated rings. The summed E-state index contributed by atoms with van der Waals surface area (Å²) in [4.78, 5) is 2.35. The second kappa shape index (κ2) is 3.94. The summed E-state index contributed by atoms with van der Waals surface area (Å²) in [5.41, 5.74) is 0. The lowest BCUT2D eigenvalue weighted by Gasteiger charge is -2.13. The minimum absolute atomic E-state index is 0.412. The standard InChI is InChI=1S/C10H15NO2/c1-12-9-4-5-11(7-9)8-10-3-2-6-13-10/h2-3,6,9H,4-5,7-8H2,1H3/t9-/m0/s1. The molecule has 72 valence electrons. The Hall–Kier alpha value is -0.800. The van der Waals surface area contributed by atoms with Gasteiger partial charge in [-0.3, -0.25) is 4.90 Å². The van der Waals surface area contributed by atoms with E-state index in [1.54, 1.807) is 13.4 Å². The maximum absolute atomic E-state index is 5.29. The summed E-state index contributed by atoms with van der Waals surface area (Å²) in [6, 6.07) is 3.94. The molecule has 13 heavy (non-hydrogen) atoms. The first-order valence-electron chi connectivity index (χ1n) is 4.66. The second-order valence-electron chi connectivity index (χ2n) is 3.46. The van der Waals surface area contributed by atoms with Gasteiger partial charge >= 0.3 is 0 Å². The quantitative estimate of drug-likeness (QED) is 0.706. The topological polar surface area (TPSA) is 25.6 Å². The zero-order chi connectivity index (χ0) is 9.10. The number of ether oxygens (including phenoxy) is 1. The molecular formula is C10H15NO2. The van der Waals surface area contributed by atoms with Crippen LogP contribution in [-0.2, 0) is 11.3 Å². The molecule has 0 amide bonds. The summed E-state index contributed by atoms with van der Waals surface area (Å²) in [7, 11) is 1.78. The van der Waals surface area contributed by atoms with Gasteiger partial charge in [0.1, 0.15) is 5.76 Å². The van der Waals surface area contributed by atoms with Crippen LogP contribution in [-0.4, -0.2) is 31.2 Å². The predicted molar refractivity (Wildman–Crippen MR) is 49.4 cm³/mol. The highest BCUT2D eigenvalue weighted by molar-refractivity contribution is 4.98. The van der Waals surface area contributed by atoms with Crippen molar-refractivity contribution in [3.05, 3.63) is 24.2 Å². The van der Waals surface area contributed by atoms with Crippen LogP contribution in [0.4, 0.5) is 0 Å². The largest absolute Gasteiger partial charge is 0.468 e. The van der Waals surface area contributed by atoms with Gasteiger partial charge in [0.05, 0.1) is 18.9 Å². The molecule has 0 spiro atoms. The molecule has 3 heteroatoms. The van der Waals surface area contributed by atoms with Gasteiger partial charge in [-0.25, -0.2) is 0 Å². The summed E-state index contributed by atoms with van der Waals surface area (Å²) in [5, 5.41) is 0. The Morgan fingerprint density at radius 2 is 2.62 bits per heavy atom. The molecule has 0 aromatic carbocycles. The normalized spacial score (nSPS) is 23.9. The summed E-state index contributed by atoms with van der Waals surface area (Å²) >= 11 is 0. The van der Waals surface area contributed by atoms with E-state index >= 15 is 0 Å². The van der Waals surface area contributed by atoms with Crippen molar-refractivity contribution in [3.63, 3.8) is 0 Å². The van der Waals surface area contributed by atoms with Gasteiger partial charge < -0.3 is 9.15 Å². The van der Waals surface area contributed by atoms with Crippen molar-refractivity contribution < 1.29 is 9.15 Å². The van der Waals surface area contributed by atoms with E-state index in [1.807, 2.05) is 12.1 Å². The molecule has 1 aromatic rings. The zero-order valence-electron chi connectivity index (χ0n) is 7.90. The van der Waals surface area contributed by atoms with Gasteiger partial charge in [-0.1, -0.05) is 0 Å². The summed E-state index contributed by atoms with van der Waals surface area (Å²) in [6.45, 7) is 3.04. The molecule has 0 N–H and O–H groups in total. The van der Waals surface area contributed by atoms with Crippen LogP contribution in [0.3, 0.4) is 0 Å². The monoisotopic (exact) mass is 181 g/mol. The molecule has 1 saturated heterocycles. The van der Waals surface area contributed by atoms with Crippen molar-refractivity contribution in [2.75, 3.05) is 20.2 Å². The van der Waals surface area contributed by atoms with Gasteiger partial charge in [0, 0.05) is 20.2 Å². The van der Waals surface area contributed by atoms with Gasteiger partial charge in [0.2, 0.25) is 0 Å². The SMILES string of the molecule is CO[C@H]1CCN(Cc2ccco2)C1. The smallest absolute Gasteiger partial charge is 0.117 e. The van der Waals surface area contributed by atoms with Gasteiger partial charge in [0.25, 0.3) is 0 Å². The van der Waals surface area contributed by atoms with E-state index in [2.05, 4.69) is 4.90 Å². The Morgan fingerprint density at radius 3 is 3.23 bits per heavy atom. The van der Waals surface area contributed by atoms with Crippen molar-refractivity contribution >= 4 is 0 Å². The number of hydrogen-bond acceptors (Lipinski definition) is 3. The van der Waals surface area contributed by atoms with Gasteiger partial charge in [-0.2, -0.15) is 0 Å². The number of methoxy groups -OCH3 is 1. The number of likely N-dealkylation sites (tertiary alicyclic amines) is 1. The number of furan rings is 1. The Morgan fingerprint density at radius 1 is 1.69 bits per heavy atom. The van der Waals surface area contributed by atoms with E-state index in [0.717, 1.165) is 31.8 Å². The van der Waals surface area contributed by atoms with Gasteiger partial charge in [-0.05, 0) is 18.6 Å². The fourth-order valence-corrected chi connectivity index (χ4v) is 1.76. The maximum Gasteiger partial charge on any atom is 0.117 e. The molecule has 2 rings (SSSR count). The highest BCUT2D eigenvalue weighted by Crippen LogP contribution is 2.15. The first-order chi connectivity index (χ1) is 6.38. The molecule has 1 aliphatic rings. The average molecular weight is 181 g/mol. The number of nitrogens with zero attached hydrogens (tertiary/aromatic N) is 1. The fourth-order valence-electron chi connectivity index (χ4n) is 1.76. The summed E-state index contributed by atoms with van der Waals surface area (Å²) in [6.07, 6.45) is 3.27. The van der Waals surface area contributed by atoms with Crippen LogP contribution < -0.4 is 0 Å². The molecule has 3 nitrogen and oxygen atoms in total. The first-order valence-corrected chi connectivity index (χ1v) is 4.66. The molecule has 0 radical (unpaired) electrons. The third kappa shape index (κ3) is 2.11. The van der Waals surface area contributed by atoms with Crippen molar-refractivity contribution in [2.45, 2.75) is 19.1 Å². The van der Waals surface area contributed by atoms with Crippen LogP contribution in [0.5, 0.6) is 0 Å². The molecule has 1 atom stereocenters. The lowest BCUT2D eigenvalue weighted by atomic mass is 10.3. The van der Waals surface area contributed by atoms with E-state index < -0.39 is 0 Å². The van der Waals surface area contributed by atoms with Crippen LogP contribution in [0.15, 0.2) is 22.8 Å². The molecular weight excluding hydrogens is 166 g/mol. The van der Waals surface area contributed by atoms with Crippen molar-refractivity contribution in [1.82, 2.24) is 4.90 Å². The fraction of sp³-hybridized carbons (Fsp3) is 0.600. The zero-order valence-corrected chi connectivity index (χ0v) is 7.90. The van der Waals surface area contributed by atoms with Crippen LogP contribution >= 0.6 is 0 Å². The Labute approximate surface area is 78.3 Å². The second-order valence-corrected chi connectivity index (χ2v) is 3.46. The Kier molecular flexibility index (Phi) is 2.66. The molecule has 0 unspecified atom stereocenters. The van der Waals surface area contributed by atoms with E-state index in [4.69, 9.17) is 9.15 Å². The summed E-state index contributed by atoms with van der Waals surface area (Å²) in [5.74, 6) is 1.04. The maximum atomic E-state index is 5.29.